The van der Waals surface area contributed by atoms with Gasteiger partial charge in [0.15, 0.2) is 0 Å². The normalized spacial score (nSPS) is 30.5. The summed E-state index contributed by atoms with van der Waals surface area (Å²) in [6.45, 7) is 19.5. The molecule has 2 heterocycles. The Kier molecular flexibility index (Phi) is 5.92. The average Bonchev–Trinajstić information content (AvgIpc) is 2.32. The number of piperidine rings is 1. The monoisotopic (exact) mass is 313 g/mol. The molecule has 0 N–H and O–H groups in total. The Hall–Kier alpha value is -0.160. The van der Waals surface area contributed by atoms with E-state index in [-0.39, 0.29) is 11.0 Å². The standard InChI is InChI=1S/C18H35NO3/c1-17(2,3)13-20-8-7-19-9-14-11-21-12-15(10-19)16(14)22-18(4,5)6/h14-16H,7-13H2,1-6H3. The van der Waals surface area contributed by atoms with Crippen LogP contribution in [0.2, 0.25) is 0 Å². The molecule has 0 aromatic heterocycles. The quantitative estimate of drug-likeness (QED) is 0.730. The largest absolute Gasteiger partial charge is 0.381 e. The van der Waals surface area contributed by atoms with Gasteiger partial charge in [-0.05, 0) is 26.2 Å². The molecule has 2 atom stereocenters. The van der Waals surface area contributed by atoms with Gasteiger partial charge in [-0.25, -0.2) is 0 Å². The van der Waals surface area contributed by atoms with Crippen LogP contribution in [0.3, 0.4) is 0 Å². The number of fused-ring (bicyclic) bond motifs is 2. The van der Waals surface area contributed by atoms with E-state index in [4.69, 9.17) is 14.2 Å². The van der Waals surface area contributed by atoms with Crippen molar-refractivity contribution >= 4 is 0 Å². The molecule has 0 aromatic rings. The molecule has 4 nitrogen and oxygen atoms in total. The summed E-state index contributed by atoms with van der Waals surface area (Å²) in [6, 6.07) is 0. The Morgan fingerprint density at radius 1 is 1.00 bits per heavy atom. The molecule has 2 saturated heterocycles. The van der Waals surface area contributed by atoms with Gasteiger partial charge in [0.2, 0.25) is 0 Å². The lowest BCUT2D eigenvalue weighted by Crippen LogP contribution is -2.58. The van der Waals surface area contributed by atoms with Crippen LogP contribution in [0.1, 0.15) is 41.5 Å². The highest BCUT2D eigenvalue weighted by Crippen LogP contribution is 2.32. The van der Waals surface area contributed by atoms with E-state index in [2.05, 4.69) is 46.4 Å². The second kappa shape index (κ2) is 7.16. The fourth-order valence-corrected chi connectivity index (χ4v) is 3.35. The molecule has 2 rings (SSSR count). The Balaban J connectivity index is 1.79. The maximum Gasteiger partial charge on any atom is 0.0707 e. The van der Waals surface area contributed by atoms with Gasteiger partial charge in [-0.15, -0.1) is 0 Å². The van der Waals surface area contributed by atoms with E-state index in [0.29, 0.717) is 17.9 Å². The molecule has 0 saturated carbocycles. The van der Waals surface area contributed by atoms with Crippen molar-refractivity contribution in [2.45, 2.75) is 53.2 Å². The highest BCUT2D eigenvalue weighted by Gasteiger charge is 2.42. The van der Waals surface area contributed by atoms with E-state index in [1.165, 1.54) is 0 Å². The van der Waals surface area contributed by atoms with Crippen molar-refractivity contribution in [1.29, 1.82) is 0 Å². The Morgan fingerprint density at radius 2 is 1.59 bits per heavy atom. The van der Waals surface area contributed by atoms with Crippen LogP contribution in [0.4, 0.5) is 0 Å². The van der Waals surface area contributed by atoms with Crippen molar-refractivity contribution in [3.63, 3.8) is 0 Å². The third-order valence-corrected chi connectivity index (χ3v) is 4.16. The molecule has 2 bridgehead atoms. The molecule has 2 aliphatic heterocycles. The van der Waals surface area contributed by atoms with Gasteiger partial charge in [0.25, 0.3) is 0 Å². The number of nitrogens with zero attached hydrogens (tertiary/aromatic N) is 1. The summed E-state index contributed by atoms with van der Waals surface area (Å²) >= 11 is 0. The maximum absolute atomic E-state index is 6.33. The molecule has 2 aliphatic rings. The van der Waals surface area contributed by atoms with E-state index in [9.17, 15) is 0 Å². The minimum Gasteiger partial charge on any atom is -0.381 e. The van der Waals surface area contributed by atoms with Crippen LogP contribution in [0, 0.1) is 17.3 Å². The van der Waals surface area contributed by atoms with Gasteiger partial charge < -0.3 is 19.1 Å². The zero-order chi connectivity index (χ0) is 16.4. The minimum atomic E-state index is -0.0729. The van der Waals surface area contributed by atoms with Crippen molar-refractivity contribution in [3.05, 3.63) is 0 Å². The zero-order valence-corrected chi connectivity index (χ0v) is 15.4. The smallest absolute Gasteiger partial charge is 0.0707 e. The van der Waals surface area contributed by atoms with Crippen molar-refractivity contribution in [3.8, 4) is 0 Å². The lowest BCUT2D eigenvalue weighted by molar-refractivity contribution is -0.188. The van der Waals surface area contributed by atoms with E-state index in [1.54, 1.807) is 0 Å². The Labute approximate surface area is 136 Å². The Morgan fingerprint density at radius 3 is 2.09 bits per heavy atom. The number of hydrogen-bond acceptors (Lipinski definition) is 4. The molecule has 130 valence electrons. The second-order valence-electron chi connectivity index (χ2n) is 9.13. The molecule has 0 amide bonds. The summed E-state index contributed by atoms with van der Waals surface area (Å²) in [5.41, 5.74) is 0.175. The van der Waals surface area contributed by atoms with Gasteiger partial charge in [-0.3, -0.25) is 0 Å². The predicted octanol–water partition coefficient (Wildman–Crippen LogP) is 2.81. The number of likely N-dealkylation sites (tertiary alicyclic amines) is 1. The van der Waals surface area contributed by atoms with Crippen LogP contribution in [-0.2, 0) is 14.2 Å². The predicted molar refractivity (Wildman–Crippen MR) is 89.1 cm³/mol. The van der Waals surface area contributed by atoms with E-state index in [1.807, 2.05) is 0 Å². The molecule has 2 unspecified atom stereocenters. The SMILES string of the molecule is CC(C)(C)COCCN1CC2COCC(C1)C2OC(C)(C)C. The van der Waals surface area contributed by atoms with E-state index in [0.717, 1.165) is 46.1 Å². The summed E-state index contributed by atoms with van der Waals surface area (Å²) in [6.07, 6.45) is 0.348. The summed E-state index contributed by atoms with van der Waals surface area (Å²) < 4.78 is 17.9. The van der Waals surface area contributed by atoms with E-state index >= 15 is 0 Å². The Bertz CT molecular complexity index is 331. The average molecular weight is 313 g/mol. The van der Waals surface area contributed by atoms with Crippen LogP contribution >= 0.6 is 0 Å². The van der Waals surface area contributed by atoms with Crippen molar-refractivity contribution < 1.29 is 14.2 Å². The van der Waals surface area contributed by atoms with Crippen molar-refractivity contribution in [1.82, 2.24) is 4.90 Å². The van der Waals surface area contributed by atoms with Crippen molar-refractivity contribution in [2.75, 3.05) is 46.1 Å². The molecular weight excluding hydrogens is 278 g/mol. The van der Waals surface area contributed by atoms with E-state index < -0.39 is 0 Å². The third kappa shape index (κ3) is 5.80. The first-order chi connectivity index (χ1) is 10.1. The van der Waals surface area contributed by atoms with Crippen LogP contribution in [0.5, 0.6) is 0 Å². The third-order valence-electron chi connectivity index (χ3n) is 4.16. The van der Waals surface area contributed by atoms with Crippen LogP contribution in [0.15, 0.2) is 0 Å². The highest BCUT2D eigenvalue weighted by molar-refractivity contribution is 4.91. The molecule has 0 aliphatic carbocycles. The molecule has 22 heavy (non-hydrogen) atoms. The topological polar surface area (TPSA) is 30.9 Å². The molecule has 0 radical (unpaired) electrons. The zero-order valence-electron chi connectivity index (χ0n) is 15.4. The van der Waals surface area contributed by atoms with Gasteiger partial charge in [0, 0.05) is 31.5 Å². The fourth-order valence-electron chi connectivity index (χ4n) is 3.35. The molecule has 0 spiro atoms. The molecule has 2 fully saturated rings. The number of hydrogen-bond donors (Lipinski definition) is 0. The summed E-state index contributed by atoms with van der Waals surface area (Å²) in [5, 5.41) is 0. The van der Waals surface area contributed by atoms with Gasteiger partial charge >= 0.3 is 0 Å². The summed E-state index contributed by atoms with van der Waals surface area (Å²) in [5.74, 6) is 0.990. The molecule has 0 aromatic carbocycles. The first-order valence-electron chi connectivity index (χ1n) is 8.70. The number of rotatable bonds is 5. The lowest BCUT2D eigenvalue weighted by Gasteiger charge is -2.48. The second-order valence-corrected chi connectivity index (χ2v) is 9.13. The van der Waals surface area contributed by atoms with Gasteiger partial charge in [-0.1, -0.05) is 20.8 Å². The first-order valence-corrected chi connectivity index (χ1v) is 8.70. The number of ether oxygens (including phenoxy) is 3. The first kappa shape index (κ1) is 18.2. The summed E-state index contributed by atoms with van der Waals surface area (Å²) in [7, 11) is 0. The van der Waals surface area contributed by atoms with Gasteiger partial charge in [0.1, 0.15) is 0 Å². The van der Waals surface area contributed by atoms with Crippen LogP contribution < -0.4 is 0 Å². The fraction of sp³-hybridized carbons (Fsp3) is 1.00. The van der Waals surface area contributed by atoms with Crippen LogP contribution in [-0.4, -0.2) is 62.7 Å². The van der Waals surface area contributed by atoms with Crippen molar-refractivity contribution in [2.24, 2.45) is 17.3 Å². The van der Waals surface area contributed by atoms with Gasteiger partial charge in [0.05, 0.1) is 38.1 Å². The molecular formula is C18H35NO3. The maximum atomic E-state index is 6.33. The van der Waals surface area contributed by atoms with Gasteiger partial charge in [-0.2, -0.15) is 0 Å². The summed E-state index contributed by atoms with van der Waals surface area (Å²) in [4.78, 5) is 2.53. The van der Waals surface area contributed by atoms with Crippen LogP contribution in [0.25, 0.3) is 0 Å². The molecule has 4 heteroatoms. The lowest BCUT2D eigenvalue weighted by atomic mass is 9.84. The minimum absolute atomic E-state index is 0.0729. The highest BCUT2D eigenvalue weighted by atomic mass is 16.5.